The van der Waals surface area contributed by atoms with E-state index in [4.69, 9.17) is 9.47 Å². The van der Waals surface area contributed by atoms with Crippen molar-refractivity contribution < 1.29 is 32.3 Å². The van der Waals surface area contributed by atoms with E-state index in [2.05, 4.69) is 26.0 Å². The monoisotopic (exact) mass is 574 g/mol. The highest BCUT2D eigenvalue weighted by molar-refractivity contribution is 9.10. The highest BCUT2D eigenvalue weighted by atomic mass is 79.9. The zero-order valence-electron chi connectivity index (χ0n) is 19.4. The van der Waals surface area contributed by atoms with Crippen molar-refractivity contribution in [3.05, 3.63) is 94.0 Å². The molecule has 1 atom stereocenters. The molecule has 0 unspecified atom stereocenters. The van der Waals surface area contributed by atoms with Crippen molar-refractivity contribution in [2.75, 3.05) is 19.5 Å². The Morgan fingerprint density at radius 3 is 1.94 bits per heavy atom. The second-order valence-electron chi connectivity index (χ2n) is 7.59. The molecule has 11 heteroatoms. The van der Waals surface area contributed by atoms with Crippen LogP contribution in [-0.4, -0.2) is 46.5 Å². The Labute approximate surface area is 217 Å². The van der Waals surface area contributed by atoms with E-state index in [0.29, 0.717) is 4.47 Å². The maximum Gasteiger partial charge on any atom is 0.337 e. The van der Waals surface area contributed by atoms with Gasteiger partial charge in [-0.25, -0.2) is 18.0 Å². The van der Waals surface area contributed by atoms with Gasteiger partial charge in [0, 0.05) is 10.2 Å². The average molecular weight is 575 g/mol. The molecule has 0 aliphatic carbocycles. The third kappa shape index (κ3) is 7.00. The van der Waals surface area contributed by atoms with Gasteiger partial charge in [-0.3, -0.25) is 4.79 Å². The van der Waals surface area contributed by atoms with Crippen LogP contribution in [0.15, 0.2) is 82.2 Å². The summed E-state index contributed by atoms with van der Waals surface area (Å²) in [5.74, 6) is -2.15. The first-order valence-electron chi connectivity index (χ1n) is 10.6. The number of sulfonamides is 1. The summed E-state index contributed by atoms with van der Waals surface area (Å²) in [6.45, 7) is 0. The second kappa shape index (κ2) is 11.9. The first kappa shape index (κ1) is 27.1. The molecule has 2 N–H and O–H groups in total. The molecule has 3 aromatic rings. The molecule has 3 aromatic carbocycles. The van der Waals surface area contributed by atoms with Crippen molar-refractivity contribution in [1.29, 1.82) is 0 Å². The smallest absolute Gasteiger partial charge is 0.337 e. The molecule has 0 radical (unpaired) electrons. The Hall–Kier alpha value is -3.54. The fourth-order valence-corrected chi connectivity index (χ4v) is 4.77. The molecule has 0 fully saturated rings. The highest BCUT2D eigenvalue weighted by Gasteiger charge is 2.27. The Bertz CT molecular complexity index is 1330. The Kier molecular flexibility index (Phi) is 8.97. The lowest BCUT2D eigenvalue weighted by Crippen LogP contribution is -2.45. The number of hydrogen-bond donors (Lipinski definition) is 2. The van der Waals surface area contributed by atoms with Gasteiger partial charge in [0.05, 0.1) is 30.2 Å². The van der Waals surface area contributed by atoms with Gasteiger partial charge in [-0.1, -0.05) is 46.3 Å². The molecule has 0 saturated heterocycles. The standard InChI is InChI=1S/C25H23BrN2O7S/c1-34-24(30)17-13-18(25(31)35-2)15-20(14-17)27-23(29)22(12-16-6-4-3-5-7-16)28-36(32,33)21-10-8-19(26)9-11-21/h3-11,13-15,22,28H,12H2,1-2H3,(H,27,29)/t22-/m1/s1. The molecule has 36 heavy (non-hydrogen) atoms. The van der Waals surface area contributed by atoms with Crippen LogP contribution in [0.3, 0.4) is 0 Å². The normalized spacial score (nSPS) is 11.9. The molecule has 0 spiro atoms. The fourth-order valence-electron chi connectivity index (χ4n) is 3.31. The van der Waals surface area contributed by atoms with Crippen molar-refractivity contribution in [1.82, 2.24) is 4.72 Å². The molecule has 1 amide bonds. The topological polar surface area (TPSA) is 128 Å². The average Bonchev–Trinajstić information content (AvgIpc) is 2.87. The van der Waals surface area contributed by atoms with Crippen molar-refractivity contribution in [2.24, 2.45) is 0 Å². The van der Waals surface area contributed by atoms with Gasteiger partial charge >= 0.3 is 11.9 Å². The number of carbonyl (C=O) groups excluding carboxylic acids is 3. The number of amides is 1. The van der Waals surface area contributed by atoms with E-state index < -0.39 is 33.9 Å². The van der Waals surface area contributed by atoms with Crippen LogP contribution in [0.25, 0.3) is 0 Å². The van der Waals surface area contributed by atoms with Crippen LogP contribution in [0.1, 0.15) is 26.3 Å². The van der Waals surface area contributed by atoms with Gasteiger partial charge in [0.1, 0.15) is 6.04 Å². The van der Waals surface area contributed by atoms with E-state index in [9.17, 15) is 22.8 Å². The molecule has 0 heterocycles. The lowest BCUT2D eigenvalue weighted by molar-refractivity contribution is -0.117. The minimum Gasteiger partial charge on any atom is -0.465 e. The number of esters is 2. The van der Waals surface area contributed by atoms with Crippen LogP contribution in [0.4, 0.5) is 5.69 Å². The van der Waals surface area contributed by atoms with E-state index in [-0.39, 0.29) is 28.1 Å². The zero-order valence-corrected chi connectivity index (χ0v) is 21.8. The van der Waals surface area contributed by atoms with Crippen LogP contribution < -0.4 is 10.0 Å². The zero-order chi connectivity index (χ0) is 26.3. The molecule has 188 valence electrons. The van der Waals surface area contributed by atoms with E-state index in [1.807, 2.05) is 0 Å². The van der Waals surface area contributed by atoms with Gasteiger partial charge in [0.2, 0.25) is 15.9 Å². The maximum atomic E-state index is 13.3. The minimum atomic E-state index is -4.06. The van der Waals surface area contributed by atoms with E-state index in [1.54, 1.807) is 42.5 Å². The lowest BCUT2D eigenvalue weighted by atomic mass is 10.1. The van der Waals surface area contributed by atoms with Crippen molar-refractivity contribution >= 4 is 49.5 Å². The van der Waals surface area contributed by atoms with E-state index >= 15 is 0 Å². The van der Waals surface area contributed by atoms with Crippen molar-refractivity contribution in [3.8, 4) is 0 Å². The summed E-state index contributed by atoms with van der Waals surface area (Å²) >= 11 is 3.26. The summed E-state index contributed by atoms with van der Waals surface area (Å²) in [7, 11) is -1.71. The van der Waals surface area contributed by atoms with Crippen LogP contribution in [-0.2, 0) is 30.7 Å². The first-order chi connectivity index (χ1) is 17.1. The number of carbonyl (C=O) groups is 3. The molecule has 3 rings (SSSR count). The third-order valence-electron chi connectivity index (χ3n) is 5.06. The number of methoxy groups -OCH3 is 2. The molecule has 0 bridgehead atoms. The summed E-state index contributed by atoms with van der Waals surface area (Å²) in [6, 6.07) is 17.5. The predicted octanol–water partition coefficient (Wildman–Crippen LogP) is 3.55. The number of ether oxygens (including phenoxy) is 2. The van der Waals surface area contributed by atoms with Gasteiger partial charge < -0.3 is 14.8 Å². The molecule has 0 aliphatic heterocycles. The van der Waals surface area contributed by atoms with Crippen LogP contribution in [0.2, 0.25) is 0 Å². The van der Waals surface area contributed by atoms with Crippen molar-refractivity contribution in [3.63, 3.8) is 0 Å². The fraction of sp³-hybridized carbons (Fsp3) is 0.160. The van der Waals surface area contributed by atoms with E-state index in [1.165, 1.54) is 44.6 Å². The lowest BCUT2D eigenvalue weighted by Gasteiger charge is -2.19. The Morgan fingerprint density at radius 1 is 0.861 bits per heavy atom. The number of nitrogens with one attached hydrogen (secondary N) is 2. The molecule has 0 aliphatic rings. The van der Waals surface area contributed by atoms with Crippen LogP contribution in [0, 0.1) is 0 Å². The quantitative estimate of drug-likeness (QED) is 0.374. The third-order valence-corrected chi connectivity index (χ3v) is 7.08. The number of hydrogen-bond acceptors (Lipinski definition) is 7. The number of benzene rings is 3. The summed E-state index contributed by atoms with van der Waals surface area (Å²) in [5.41, 5.74) is 0.815. The van der Waals surface area contributed by atoms with Gasteiger partial charge in [0.25, 0.3) is 0 Å². The number of rotatable bonds is 9. The van der Waals surface area contributed by atoms with Crippen LogP contribution in [0.5, 0.6) is 0 Å². The highest BCUT2D eigenvalue weighted by Crippen LogP contribution is 2.19. The number of halogens is 1. The summed E-state index contributed by atoms with van der Waals surface area (Å²) < 4.78 is 38.7. The SMILES string of the molecule is COC(=O)c1cc(NC(=O)[C@@H](Cc2ccccc2)NS(=O)(=O)c2ccc(Br)cc2)cc(C(=O)OC)c1. The molecular formula is C25H23BrN2O7S. The summed E-state index contributed by atoms with van der Waals surface area (Å²) in [6.07, 6.45) is 0.0446. The van der Waals surface area contributed by atoms with Gasteiger partial charge in [-0.15, -0.1) is 0 Å². The van der Waals surface area contributed by atoms with Gasteiger partial charge in [0.15, 0.2) is 0 Å². The maximum absolute atomic E-state index is 13.3. The number of anilines is 1. The van der Waals surface area contributed by atoms with E-state index in [0.717, 1.165) is 5.56 Å². The first-order valence-corrected chi connectivity index (χ1v) is 12.8. The predicted molar refractivity (Wildman–Crippen MR) is 136 cm³/mol. The van der Waals surface area contributed by atoms with Crippen LogP contribution >= 0.6 is 15.9 Å². The molecule has 0 aromatic heterocycles. The summed E-state index contributed by atoms with van der Waals surface area (Å²) in [4.78, 5) is 37.4. The van der Waals surface area contributed by atoms with Crippen molar-refractivity contribution in [2.45, 2.75) is 17.4 Å². The second-order valence-corrected chi connectivity index (χ2v) is 10.2. The van der Waals surface area contributed by atoms with Gasteiger partial charge in [-0.2, -0.15) is 4.72 Å². The van der Waals surface area contributed by atoms with Gasteiger partial charge in [-0.05, 0) is 54.4 Å². The Morgan fingerprint density at radius 2 is 1.42 bits per heavy atom. The molecule has 9 nitrogen and oxygen atoms in total. The Balaban J connectivity index is 1.94. The largest absolute Gasteiger partial charge is 0.465 e. The minimum absolute atomic E-state index is 0.00533. The summed E-state index contributed by atoms with van der Waals surface area (Å²) in [5, 5.41) is 2.60. The molecule has 0 saturated carbocycles. The molecular weight excluding hydrogens is 552 g/mol.